The van der Waals surface area contributed by atoms with Crippen LogP contribution in [0.2, 0.25) is 0 Å². The molecule has 4 N–H and O–H groups in total. The van der Waals surface area contributed by atoms with Gasteiger partial charge >= 0.3 is 0 Å². The molecule has 1 aromatic heterocycles. The fraction of sp³-hybridized carbons (Fsp3) is 0.353. The van der Waals surface area contributed by atoms with Crippen LogP contribution in [0.3, 0.4) is 0 Å². The fourth-order valence-corrected chi connectivity index (χ4v) is 3.10. The third kappa shape index (κ3) is 2.47. The molecule has 4 nitrogen and oxygen atoms in total. The predicted molar refractivity (Wildman–Crippen MR) is 85.8 cm³/mol. The van der Waals surface area contributed by atoms with Gasteiger partial charge in [-0.3, -0.25) is 4.79 Å². The lowest BCUT2D eigenvalue weighted by Crippen LogP contribution is -2.33. The van der Waals surface area contributed by atoms with Crippen molar-refractivity contribution in [1.82, 2.24) is 10.3 Å². The maximum atomic E-state index is 12.0. The van der Waals surface area contributed by atoms with E-state index in [2.05, 4.69) is 40.8 Å². The molecular formula is C17H21N3O. The number of hydrogen-bond donors (Lipinski definition) is 3. The minimum Gasteiger partial charge on any atom is -0.361 e. The minimum absolute atomic E-state index is 0.0135. The molecule has 0 radical (unpaired) electrons. The van der Waals surface area contributed by atoms with Crippen LogP contribution in [-0.2, 0) is 11.2 Å². The molecule has 1 unspecified atom stereocenters. The summed E-state index contributed by atoms with van der Waals surface area (Å²) in [5.74, 6) is -0.241. The van der Waals surface area contributed by atoms with Gasteiger partial charge in [0.2, 0.25) is 5.91 Å². The Bertz CT molecular complexity index is 699. The molecule has 0 spiro atoms. The fourth-order valence-electron chi connectivity index (χ4n) is 3.10. The first kappa shape index (κ1) is 13.9. The van der Waals surface area contributed by atoms with Crippen LogP contribution >= 0.6 is 0 Å². The van der Waals surface area contributed by atoms with Crippen molar-refractivity contribution < 1.29 is 4.79 Å². The normalized spacial score (nSPS) is 17.1. The molecule has 1 aliphatic rings. The van der Waals surface area contributed by atoms with Crippen molar-refractivity contribution >= 4 is 22.4 Å². The molecule has 2 aromatic rings. The van der Waals surface area contributed by atoms with Gasteiger partial charge in [0, 0.05) is 30.2 Å². The summed E-state index contributed by atoms with van der Waals surface area (Å²) >= 11 is 0. The molecule has 1 aromatic carbocycles. The average molecular weight is 283 g/mol. The summed E-state index contributed by atoms with van der Waals surface area (Å²) in [5, 5.41) is 4.15. The number of allylic oxidation sites excluding steroid dienone is 1. The van der Waals surface area contributed by atoms with E-state index in [0.29, 0.717) is 13.1 Å². The molecule has 3 rings (SSSR count). The number of carbonyl (C=O) groups is 1. The molecule has 1 heterocycles. The summed E-state index contributed by atoms with van der Waals surface area (Å²) in [6, 6.07) is 6.28. The predicted octanol–water partition coefficient (Wildman–Crippen LogP) is 2.21. The maximum Gasteiger partial charge on any atom is 0.228 e. The van der Waals surface area contributed by atoms with E-state index in [1.807, 2.05) is 6.92 Å². The molecule has 0 saturated carbocycles. The molecule has 4 heteroatoms. The van der Waals surface area contributed by atoms with E-state index >= 15 is 0 Å². The largest absolute Gasteiger partial charge is 0.361 e. The molecule has 0 fully saturated rings. The monoisotopic (exact) mass is 283 g/mol. The number of rotatable bonds is 4. The lowest BCUT2D eigenvalue weighted by molar-refractivity contribution is -0.123. The Balaban J connectivity index is 2.01. The van der Waals surface area contributed by atoms with Gasteiger partial charge in [0.1, 0.15) is 0 Å². The topological polar surface area (TPSA) is 70.9 Å². The maximum absolute atomic E-state index is 12.0. The third-order valence-electron chi connectivity index (χ3n) is 4.14. The second-order valence-electron chi connectivity index (χ2n) is 5.47. The Morgan fingerprint density at radius 3 is 3.10 bits per heavy atom. The van der Waals surface area contributed by atoms with E-state index in [1.54, 1.807) is 0 Å². The van der Waals surface area contributed by atoms with E-state index in [-0.39, 0.29) is 11.8 Å². The first-order chi connectivity index (χ1) is 10.2. The van der Waals surface area contributed by atoms with Gasteiger partial charge in [-0.05, 0) is 42.5 Å². The molecule has 1 aliphatic carbocycles. The van der Waals surface area contributed by atoms with Crippen LogP contribution < -0.4 is 11.1 Å². The zero-order valence-electron chi connectivity index (χ0n) is 12.3. The summed E-state index contributed by atoms with van der Waals surface area (Å²) in [6.45, 7) is 2.90. The second-order valence-corrected chi connectivity index (χ2v) is 5.47. The number of nitrogens with one attached hydrogen (secondary N) is 2. The third-order valence-corrected chi connectivity index (χ3v) is 4.14. The SMILES string of the molecule is CCNC(=O)C(/C=C1\CCc2c[nH]c3cccc1c23)CN. The number of nitrogens with two attached hydrogens (primary N) is 1. The van der Waals surface area contributed by atoms with Gasteiger partial charge in [0.15, 0.2) is 0 Å². The van der Waals surface area contributed by atoms with Crippen LogP contribution in [-0.4, -0.2) is 24.0 Å². The van der Waals surface area contributed by atoms with E-state index in [9.17, 15) is 4.79 Å². The van der Waals surface area contributed by atoms with Crippen molar-refractivity contribution in [3.8, 4) is 0 Å². The van der Waals surface area contributed by atoms with Crippen molar-refractivity contribution in [2.24, 2.45) is 11.7 Å². The number of amides is 1. The van der Waals surface area contributed by atoms with Crippen molar-refractivity contribution in [1.29, 1.82) is 0 Å². The zero-order chi connectivity index (χ0) is 14.8. The summed E-state index contributed by atoms with van der Waals surface area (Å²) in [7, 11) is 0. The lowest BCUT2D eigenvalue weighted by Gasteiger charge is -2.19. The Morgan fingerprint density at radius 2 is 2.33 bits per heavy atom. The molecule has 21 heavy (non-hydrogen) atoms. The van der Waals surface area contributed by atoms with E-state index in [0.717, 1.165) is 18.4 Å². The molecule has 1 atom stereocenters. The Morgan fingerprint density at radius 1 is 1.48 bits per heavy atom. The van der Waals surface area contributed by atoms with Gasteiger partial charge in [-0.1, -0.05) is 18.2 Å². The van der Waals surface area contributed by atoms with E-state index < -0.39 is 0 Å². The molecule has 1 amide bonds. The standard InChI is InChI=1S/C17H21N3O/c1-2-19-17(21)13(9-18)8-11-6-7-12-10-20-15-5-3-4-14(11)16(12)15/h3-5,8,10,13,20H,2,6-7,9,18H2,1H3,(H,19,21)/b11-8+. The highest BCUT2D eigenvalue weighted by Gasteiger charge is 2.20. The highest BCUT2D eigenvalue weighted by atomic mass is 16.1. The van der Waals surface area contributed by atoms with Gasteiger partial charge in [-0.2, -0.15) is 0 Å². The van der Waals surface area contributed by atoms with Gasteiger partial charge in [0.25, 0.3) is 0 Å². The molecule has 110 valence electrons. The van der Waals surface area contributed by atoms with Crippen LogP contribution in [0.15, 0.2) is 30.5 Å². The van der Waals surface area contributed by atoms with Gasteiger partial charge in [-0.15, -0.1) is 0 Å². The van der Waals surface area contributed by atoms with Crippen LogP contribution in [0.4, 0.5) is 0 Å². The number of aromatic nitrogens is 1. The lowest BCUT2D eigenvalue weighted by atomic mass is 9.86. The first-order valence-corrected chi connectivity index (χ1v) is 7.52. The number of benzene rings is 1. The van der Waals surface area contributed by atoms with Gasteiger partial charge < -0.3 is 16.0 Å². The zero-order valence-corrected chi connectivity index (χ0v) is 12.3. The minimum atomic E-state index is -0.254. The van der Waals surface area contributed by atoms with E-state index in [4.69, 9.17) is 5.73 Å². The van der Waals surface area contributed by atoms with Crippen molar-refractivity contribution in [2.45, 2.75) is 19.8 Å². The van der Waals surface area contributed by atoms with E-state index in [1.165, 1.54) is 22.1 Å². The molecule has 0 bridgehead atoms. The Hall–Kier alpha value is -2.07. The second kappa shape index (κ2) is 5.74. The van der Waals surface area contributed by atoms with Gasteiger partial charge in [-0.25, -0.2) is 0 Å². The summed E-state index contributed by atoms with van der Waals surface area (Å²) in [4.78, 5) is 15.4. The highest BCUT2D eigenvalue weighted by Crippen LogP contribution is 2.36. The van der Waals surface area contributed by atoms with Crippen LogP contribution in [0, 0.1) is 5.92 Å². The van der Waals surface area contributed by atoms with Crippen LogP contribution in [0.5, 0.6) is 0 Å². The summed E-state index contributed by atoms with van der Waals surface area (Å²) < 4.78 is 0. The number of carbonyl (C=O) groups excluding carboxylic acids is 1. The molecule has 0 aliphatic heterocycles. The Labute approximate surface area is 124 Å². The van der Waals surface area contributed by atoms with Crippen molar-refractivity contribution in [3.63, 3.8) is 0 Å². The summed E-state index contributed by atoms with van der Waals surface area (Å²) in [5.41, 5.74) is 10.8. The first-order valence-electron chi connectivity index (χ1n) is 7.52. The van der Waals surface area contributed by atoms with Crippen molar-refractivity contribution in [3.05, 3.63) is 41.6 Å². The summed E-state index contributed by atoms with van der Waals surface area (Å²) in [6.07, 6.45) is 6.11. The van der Waals surface area contributed by atoms with Gasteiger partial charge in [0.05, 0.1) is 5.92 Å². The van der Waals surface area contributed by atoms with Crippen molar-refractivity contribution in [2.75, 3.05) is 13.1 Å². The molecule has 0 saturated heterocycles. The van der Waals surface area contributed by atoms with Crippen LogP contribution in [0.25, 0.3) is 16.5 Å². The average Bonchev–Trinajstić information content (AvgIpc) is 2.92. The smallest absolute Gasteiger partial charge is 0.228 e. The number of hydrogen-bond acceptors (Lipinski definition) is 2. The molecular weight excluding hydrogens is 262 g/mol. The Kier molecular flexibility index (Phi) is 3.80. The number of H-pyrrole nitrogens is 1. The number of aryl methyl sites for hydroxylation is 1. The highest BCUT2D eigenvalue weighted by molar-refractivity contribution is 5.97. The van der Waals surface area contributed by atoms with Crippen LogP contribution in [0.1, 0.15) is 24.5 Å². The quantitative estimate of drug-likeness (QED) is 0.805. The number of aromatic amines is 1.